The van der Waals surface area contributed by atoms with E-state index in [1.54, 1.807) is 24.3 Å². The molecule has 3 aromatic carbocycles. The van der Waals surface area contributed by atoms with E-state index in [-0.39, 0.29) is 48.5 Å². The Bertz CT molecular complexity index is 1400. The SMILES string of the molecule is CNC(=O)[C@@H](Cc1ccccc1)N(Cc1ccccc1Cl)C(=O)CCCN(c1cc(Cl)ccc1Cl)S(C)(=O)=O. The molecule has 0 unspecified atom stereocenters. The molecule has 39 heavy (non-hydrogen) atoms. The molecule has 0 saturated carbocycles. The fraction of sp³-hybridized carbons (Fsp3) is 0.286. The van der Waals surface area contributed by atoms with Crippen molar-refractivity contribution in [2.75, 3.05) is 24.2 Å². The molecule has 1 atom stereocenters. The van der Waals surface area contributed by atoms with Crippen LogP contribution in [0.2, 0.25) is 15.1 Å². The fourth-order valence-corrected chi connectivity index (χ4v) is 5.79. The van der Waals surface area contributed by atoms with Crippen molar-refractivity contribution in [3.63, 3.8) is 0 Å². The number of benzene rings is 3. The normalized spacial score (nSPS) is 12.0. The van der Waals surface area contributed by atoms with Crippen molar-refractivity contribution in [1.82, 2.24) is 10.2 Å². The minimum absolute atomic E-state index is 0.00606. The lowest BCUT2D eigenvalue weighted by Gasteiger charge is -2.32. The average Bonchev–Trinajstić information content (AvgIpc) is 2.90. The second-order valence-corrected chi connectivity index (χ2v) is 12.1. The Morgan fingerprint density at radius 3 is 2.23 bits per heavy atom. The largest absolute Gasteiger partial charge is 0.357 e. The van der Waals surface area contributed by atoms with Crippen LogP contribution in [0.3, 0.4) is 0 Å². The highest BCUT2D eigenvalue weighted by molar-refractivity contribution is 7.92. The molecule has 0 heterocycles. The Kier molecular flexibility index (Phi) is 11.1. The lowest BCUT2D eigenvalue weighted by molar-refractivity contribution is -0.141. The van der Waals surface area contributed by atoms with Crippen molar-refractivity contribution < 1.29 is 18.0 Å². The molecule has 0 saturated heterocycles. The Labute approximate surface area is 244 Å². The molecule has 3 aromatic rings. The van der Waals surface area contributed by atoms with Crippen LogP contribution >= 0.6 is 34.8 Å². The van der Waals surface area contributed by atoms with Crippen molar-refractivity contribution in [2.45, 2.75) is 31.8 Å². The van der Waals surface area contributed by atoms with E-state index in [4.69, 9.17) is 34.8 Å². The maximum atomic E-state index is 13.7. The highest BCUT2D eigenvalue weighted by Crippen LogP contribution is 2.31. The molecular weight excluding hydrogens is 581 g/mol. The van der Waals surface area contributed by atoms with Gasteiger partial charge in [0, 0.05) is 43.0 Å². The summed E-state index contributed by atoms with van der Waals surface area (Å²) in [5, 5.41) is 3.70. The molecule has 3 rings (SSSR count). The molecule has 0 aliphatic carbocycles. The minimum Gasteiger partial charge on any atom is -0.357 e. The minimum atomic E-state index is -3.72. The number of nitrogens with one attached hydrogen (secondary N) is 1. The number of sulfonamides is 1. The smallest absolute Gasteiger partial charge is 0.242 e. The summed E-state index contributed by atoms with van der Waals surface area (Å²) in [4.78, 5) is 28.2. The zero-order valence-corrected chi connectivity index (χ0v) is 24.7. The molecule has 0 aliphatic rings. The summed E-state index contributed by atoms with van der Waals surface area (Å²) >= 11 is 18.8. The quantitative estimate of drug-likeness (QED) is 0.290. The van der Waals surface area contributed by atoms with E-state index < -0.39 is 16.1 Å². The van der Waals surface area contributed by atoms with Crippen LogP contribution in [-0.2, 0) is 32.6 Å². The second-order valence-electron chi connectivity index (χ2n) is 8.97. The van der Waals surface area contributed by atoms with Crippen molar-refractivity contribution in [2.24, 2.45) is 0 Å². The Balaban J connectivity index is 1.87. The van der Waals surface area contributed by atoms with Crippen LogP contribution in [-0.4, -0.2) is 51.0 Å². The molecular formula is C28H30Cl3N3O4S. The fourth-order valence-electron chi connectivity index (χ4n) is 4.19. The van der Waals surface area contributed by atoms with Gasteiger partial charge in [-0.05, 0) is 41.8 Å². The number of rotatable bonds is 12. The first kappa shape index (κ1) is 30.8. The molecule has 2 amide bonds. The second kappa shape index (κ2) is 14.0. The molecule has 0 fully saturated rings. The summed E-state index contributed by atoms with van der Waals surface area (Å²) < 4.78 is 26.3. The van der Waals surface area contributed by atoms with Gasteiger partial charge >= 0.3 is 0 Å². The van der Waals surface area contributed by atoms with Crippen molar-refractivity contribution in [3.05, 3.63) is 99.0 Å². The molecule has 11 heteroatoms. The van der Waals surface area contributed by atoms with Crippen molar-refractivity contribution in [1.29, 1.82) is 0 Å². The summed E-state index contributed by atoms with van der Waals surface area (Å²) in [6.45, 7) is 0.104. The van der Waals surface area contributed by atoms with Crippen LogP contribution in [0.5, 0.6) is 0 Å². The van der Waals surface area contributed by atoms with Gasteiger partial charge in [-0.15, -0.1) is 0 Å². The van der Waals surface area contributed by atoms with E-state index in [1.165, 1.54) is 24.1 Å². The summed E-state index contributed by atoms with van der Waals surface area (Å²) in [5.41, 5.74) is 1.82. The zero-order chi connectivity index (χ0) is 28.6. The van der Waals surface area contributed by atoms with E-state index in [0.717, 1.165) is 16.1 Å². The predicted octanol–water partition coefficient (Wildman–Crippen LogP) is 5.58. The standard InChI is InChI=1S/C28H30Cl3N3O4S/c1-32-28(36)26(17-20-9-4-3-5-10-20)33(19-21-11-6-7-12-23(21)30)27(35)13-8-16-34(39(2,37)38)25-18-22(29)14-15-24(25)31/h3-7,9-12,14-15,18,26H,8,13,16-17,19H2,1-2H3,(H,32,36)/t26-/m1/s1. The lowest BCUT2D eigenvalue weighted by atomic mass is 10.0. The van der Waals surface area contributed by atoms with Crippen LogP contribution in [0.15, 0.2) is 72.8 Å². The van der Waals surface area contributed by atoms with Gasteiger partial charge in [0.1, 0.15) is 6.04 Å². The summed E-state index contributed by atoms with van der Waals surface area (Å²) in [6.07, 6.45) is 1.53. The highest BCUT2D eigenvalue weighted by atomic mass is 35.5. The number of carbonyl (C=O) groups excluding carboxylic acids is 2. The number of anilines is 1. The zero-order valence-electron chi connectivity index (χ0n) is 21.6. The molecule has 208 valence electrons. The van der Waals surface area contributed by atoms with Crippen LogP contribution in [0, 0.1) is 0 Å². The molecule has 0 spiro atoms. The van der Waals surface area contributed by atoms with Crippen LogP contribution in [0.4, 0.5) is 5.69 Å². The highest BCUT2D eigenvalue weighted by Gasteiger charge is 2.30. The third-order valence-electron chi connectivity index (χ3n) is 6.15. The van der Waals surface area contributed by atoms with Gasteiger partial charge in [0.05, 0.1) is 17.0 Å². The number of halogens is 3. The predicted molar refractivity (Wildman–Crippen MR) is 158 cm³/mol. The van der Waals surface area contributed by atoms with Crippen LogP contribution < -0.4 is 9.62 Å². The van der Waals surface area contributed by atoms with Crippen LogP contribution in [0.25, 0.3) is 0 Å². The monoisotopic (exact) mass is 609 g/mol. The van der Waals surface area contributed by atoms with Gasteiger partial charge in [0.15, 0.2) is 0 Å². The Morgan fingerprint density at radius 1 is 0.923 bits per heavy atom. The van der Waals surface area contributed by atoms with Gasteiger partial charge in [0.2, 0.25) is 21.8 Å². The summed E-state index contributed by atoms with van der Waals surface area (Å²) in [6, 6.07) is 20.3. The lowest BCUT2D eigenvalue weighted by Crippen LogP contribution is -2.49. The number of likely N-dealkylation sites (N-methyl/N-ethyl adjacent to an activating group) is 1. The average molecular weight is 611 g/mol. The first-order valence-electron chi connectivity index (χ1n) is 12.2. The molecule has 7 nitrogen and oxygen atoms in total. The number of hydrogen-bond donors (Lipinski definition) is 1. The molecule has 0 aromatic heterocycles. The molecule has 0 bridgehead atoms. The number of hydrogen-bond acceptors (Lipinski definition) is 4. The third-order valence-corrected chi connectivity index (χ3v) is 8.25. The Hall–Kier alpha value is -2.78. The van der Waals surface area contributed by atoms with Crippen LogP contribution in [0.1, 0.15) is 24.0 Å². The topological polar surface area (TPSA) is 86.8 Å². The Morgan fingerprint density at radius 2 is 1.59 bits per heavy atom. The number of nitrogens with zero attached hydrogens (tertiary/aromatic N) is 2. The number of amides is 2. The van der Waals surface area contributed by atoms with Gasteiger partial charge in [-0.2, -0.15) is 0 Å². The van der Waals surface area contributed by atoms with Gasteiger partial charge in [0.25, 0.3) is 0 Å². The van der Waals surface area contributed by atoms with Crippen molar-refractivity contribution in [3.8, 4) is 0 Å². The van der Waals surface area contributed by atoms with E-state index in [1.807, 2.05) is 36.4 Å². The summed E-state index contributed by atoms with van der Waals surface area (Å²) in [7, 11) is -2.20. The third kappa shape index (κ3) is 8.60. The van der Waals surface area contributed by atoms with E-state index >= 15 is 0 Å². The van der Waals surface area contributed by atoms with Gasteiger partial charge in [-0.1, -0.05) is 83.3 Å². The van der Waals surface area contributed by atoms with E-state index in [0.29, 0.717) is 22.0 Å². The van der Waals surface area contributed by atoms with E-state index in [2.05, 4.69) is 5.32 Å². The van der Waals surface area contributed by atoms with Gasteiger partial charge in [-0.3, -0.25) is 13.9 Å². The maximum absolute atomic E-state index is 13.7. The van der Waals surface area contributed by atoms with Crippen molar-refractivity contribution >= 4 is 62.3 Å². The van der Waals surface area contributed by atoms with E-state index in [9.17, 15) is 18.0 Å². The summed E-state index contributed by atoms with van der Waals surface area (Å²) in [5.74, 6) is -0.632. The first-order valence-corrected chi connectivity index (χ1v) is 15.2. The maximum Gasteiger partial charge on any atom is 0.242 e. The van der Waals surface area contributed by atoms with Gasteiger partial charge < -0.3 is 10.2 Å². The first-order chi connectivity index (χ1) is 18.5. The van der Waals surface area contributed by atoms with Gasteiger partial charge in [-0.25, -0.2) is 8.42 Å². The molecule has 0 aliphatic heterocycles. The molecule has 1 N–H and O–H groups in total. The number of carbonyl (C=O) groups is 2. The molecule has 0 radical (unpaired) electrons.